The lowest BCUT2D eigenvalue weighted by molar-refractivity contribution is -0.598. The van der Waals surface area contributed by atoms with Crippen LogP contribution in [0.3, 0.4) is 0 Å². The smallest absolute Gasteiger partial charge is 0.204 e. The maximum atomic E-state index is 10.3. The summed E-state index contributed by atoms with van der Waals surface area (Å²) in [7, 11) is 0. The third-order valence-corrected chi connectivity index (χ3v) is 2.11. The largest absolute Gasteiger partial charge is 0.516 e. The molecule has 1 rings (SSSR count). The highest BCUT2D eigenvalue weighted by Gasteiger charge is 2.02. The first-order valence-corrected chi connectivity index (χ1v) is 5.86. The zero-order valence-corrected chi connectivity index (χ0v) is 11.0. The van der Waals surface area contributed by atoms with Crippen molar-refractivity contribution >= 4 is 24.7 Å². The Balaban J connectivity index is 3.47. The Morgan fingerprint density at radius 2 is 1.71 bits per heavy atom. The number of aromatic nitrogens is 4. The predicted molar refractivity (Wildman–Crippen MR) is 75.0 cm³/mol. The van der Waals surface area contributed by atoms with Gasteiger partial charge >= 0.3 is 0 Å². The van der Waals surface area contributed by atoms with Gasteiger partial charge in [-0.15, -0.1) is 0 Å². The van der Waals surface area contributed by atoms with E-state index in [-0.39, 0.29) is 0 Å². The quantitative estimate of drug-likeness (QED) is 0.250. The number of carbonyl (C=O) groups is 2. The van der Waals surface area contributed by atoms with E-state index in [2.05, 4.69) is 15.5 Å². The molecule has 1 heterocycles. The van der Waals surface area contributed by atoms with Crippen molar-refractivity contribution < 1.29 is 19.1 Å². The zero-order valence-electron chi connectivity index (χ0n) is 11.0. The minimum atomic E-state index is 0.467. The highest BCUT2D eigenvalue weighted by Crippen LogP contribution is 1.87. The summed E-state index contributed by atoms with van der Waals surface area (Å²) in [6, 6.07) is 0. The standard InChI is InChI=1S/C14H12N4O3/c19-10-4-1-7-13-14(8-2-5-11-20)18(17-16-15-13)9-3-6-12-21/h1-12H/p+1/b5-2+,14-8?. The number of aliphatic hydroxyl groups is 1. The number of hydrogen-bond donors (Lipinski definition) is 1. The van der Waals surface area contributed by atoms with Crippen LogP contribution >= 0.6 is 0 Å². The molecule has 106 valence electrons. The van der Waals surface area contributed by atoms with Gasteiger partial charge in [0.2, 0.25) is 5.21 Å². The van der Waals surface area contributed by atoms with Gasteiger partial charge < -0.3 is 5.11 Å². The van der Waals surface area contributed by atoms with Crippen molar-refractivity contribution in [3.8, 4) is 0 Å². The van der Waals surface area contributed by atoms with Crippen LogP contribution in [0.4, 0.5) is 0 Å². The highest BCUT2D eigenvalue weighted by molar-refractivity contribution is 5.67. The van der Waals surface area contributed by atoms with Crippen LogP contribution in [0.2, 0.25) is 0 Å². The summed E-state index contributed by atoms with van der Waals surface area (Å²) in [5.41, 5.74) is 0.467. The number of rotatable bonds is 6. The second-order valence-electron chi connectivity index (χ2n) is 3.45. The maximum absolute atomic E-state index is 10.3. The maximum Gasteiger partial charge on any atom is 0.204 e. The van der Waals surface area contributed by atoms with Crippen LogP contribution in [0.25, 0.3) is 12.2 Å². The number of hydrogen-bond acceptors (Lipinski definition) is 6. The van der Waals surface area contributed by atoms with Crippen molar-refractivity contribution in [2.45, 2.75) is 0 Å². The third kappa shape index (κ3) is 5.52. The second-order valence-corrected chi connectivity index (χ2v) is 3.45. The van der Waals surface area contributed by atoms with Gasteiger partial charge in [-0.1, -0.05) is 16.5 Å². The molecule has 0 fully saturated rings. The first kappa shape index (κ1) is 15.8. The minimum Gasteiger partial charge on any atom is -0.516 e. The Morgan fingerprint density at radius 1 is 0.952 bits per heavy atom. The van der Waals surface area contributed by atoms with Gasteiger partial charge in [0, 0.05) is 0 Å². The molecule has 7 heteroatoms. The van der Waals surface area contributed by atoms with Gasteiger partial charge in [0.25, 0.3) is 0 Å². The van der Waals surface area contributed by atoms with Gasteiger partial charge in [-0.2, -0.15) is 0 Å². The Labute approximate surface area is 120 Å². The number of carbonyl (C=O) groups excluding carboxylic acids is 2. The van der Waals surface area contributed by atoms with Crippen LogP contribution < -0.4 is 9.71 Å². The predicted octanol–water partition coefficient (Wildman–Crippen LogP) is -0.455. The van der Waals surface area contributed by atoms with E-state index in [0.29, 0.717) is 23.6 Å². The lowest BCUT2D eigenvalue weighted by Crippen LogP contribution is -2.44. The number of aldehydes is 2. The van der Waals surface area contributed by atoms with Gasteiger partial charge in [0.1, 0.15) is 18.8 Å². The van der Waals surface area contributed by atoms with Crippen LogP contribution in [0.5, 0.6) is 0 Å². The molecule has 0 aliphatic rings. The van der Waals surface area contributed by atoms with Crippen molar-refractivity contribution in [2.24, 2.45) is 0 Å². The SMILES string of the molecule is O=C/C=C/C=c1c(C=CC=CO)nnn[n+]1=C/C=C/C=O. The highest BCUT2D eigenvalue weighted by atomic mass is 16.2. The van der Waals surface area contributed by atoms with Crippen molar-refractivity contribution in [1.82, 2.24) is 15.5 Å². The van der Waals surface area contributed by atoms with E-state index in [1.54, 1.807) is 18.2 Å². The summed E-state index contributed by atoms with van der Waals surface area (Å²) in [6.07, 6.45) is 15.5. The monoisotopic (exact) mass is 285 g/mol. The van der Waals surface area contributed by atoms with E-state index >= 15 is 0 Å². The van der Waals surface area contributed by atoms with Gasteiger partial charge in [0.15, 0.2) is 16.3 Å². The zero-order chi connectivity index (χ0) is 15.3. The molecule has 21 heavy (non-hydrogen) atoms. The molecule has 7 nitrogen and oxygen atoms in total. The third-order valence-electron chi connectivity index (χ3n) is 2.11. The Bertz CT molecular complexity index is 718. The fourth-order valence-electron chi connectivity index (χ4n) is 1.28. The van der Waals surface area contributed by atoms with Gasteiger partial charge in [-0.3, -0.25) is 9.59 Å². The molecule has 0 amide bonds. The van der Waals surface area contributed by atoms with E-state index in [9.17, 15) is 9.59 Å². The summed E-state index contributed by atoms with van der Waals surface area (Å²) in [5.74, 6) is 0. The summed E-state index contributed by atoms with van der Waals surface area (Å²) < 4.78 is 1.39. The number of aliphatic hydroxyl groups excluding tert-OH is 1. The van der Waals surface area contributed by atoms with E-state index in [1.165, 1.54) is 41.0 Å². The van der Waals surface area contributed by atoms with Crippen LogP contribution in [0.1, 0.15) is 5.69 Å². The topological polar surface area (TPSA) is 98.9 Å². The Kier molecular flexibility index (Phi) is 7.30. The lowest BCUT2D eigenvalue weighted by atomic mass is 10.3. The minimum absolute atomic E-state index is 0.467. The molecule has 1 aromatic rings. The number of allylic oxidation sites excluding steroid dienone is 6. The molecular weight excluding hydrogens is 272 g/mol. The second kappa shape index (κ2) is 9.68. The fourth-order valence-corrected chi connectivity index (χ4v) is 1.28. The molecule has 0 atom stereocenters. The lowest BCUT2D eigenvalue weighted by Gasteiger charge is -1.86. The van der Waals surface area contributed by atoms with Crippen molar-refractivity contribution in [2.75, 3.05) is 0 Å². The molecule has 0 bridgehead atoms. The normalized spacial score (nSPS) is 14.1. The average molecular weight is 285 g/mol. The van der Waals surface area contributed by atoms with Crippen LogP contribution in [0.15, 0.2) is 42.7 Å². The van der Waals surface area contributed by atoms with Gasteiger partial charge in [-0.25, -0.2) is 0 Å². The Hall–Kier alpha value is -3.22. The first-order chi connectivity index (χ1) is 10.3. The molecule has 1 aromatic heterocycles. The molecule has 0 saturated heterocycles. The van der Waals surface area contributed by atoms with E-state index < -0.39 is 0 Å². The Morgan fingerprint density at radius 3 is 2.43 bits per heavy atom. The van der Waals surface area contributed by atoms with Gasteiger partial charge in [0.05, 0.1) is 6.26 Å². The molecule has 0 radical (unpaired) electrons. The summed E-state index contributed by atoms with van der Waals surface area (Å²) in [4.78, 5) is 20.6. The molecule has 0 aliphatic heterocycles. The summed E-state index contributed by atoms with van der Waals surface area (Å²) in [5, 5.41) is 20.4. The van der Waals surface area contributed by atoms with E-state index in [0.717, 1.165) is 6.26 Å². The molecule has 0 aromatic carbocycles. The first-order valence-electron chi connectivity index (χ1n) is 5.86. The van der Waals surface area contributed by atoms with Crippen molar-refractivity contribution in [1.29, 1.82) is 0 Å². The van der Waals surface area contributed by atoms with Gasteiger partial charge in [-0.05, 0) is 41.6 Å². The molecule has 0 spiro atoms. The molecule has 0 aliphatic carbocycles. The fraction of sp³-hybridized carbons (Fsp3) is 0. The van der Waals surface area contributed by atoms with Crippen molar-refractivity contribution in [3.05, 3.63) is 60.0 Å². The number of nitrogens with zero attached hydrogens (tertiary/aromatic N) is 4. The van der Waals surface area contributed by atoms with E-state index in [4.69, 9.17) is 5.11 Å². The van der Waals surface area contributed by atoms with Crippen LogP contribution in [0, 0.1) is 6.21 Å². The molecular formula is C14H13N4O3+. The summed E-state index contributed by atoms with van der Waals surface area (Å²) >= 11 is 0. The van der Waals surface area contributed by atoms with Crippen LogP contribution in [-0.2, 0) is 9.59 Å². The van der Waals surface area contributed by atoms with Crippen LogP contribution in [-0.4, -0.2) is 33.2 Å². The summed E-state index contributed by atoms with van der Waals surface area (Å²) in [6.45, 7) is 0. The molecule has 0 saturated carbocycles. The van der Waals surface area contributed by atoms with Crippen molar-refractivity contribution in [3.63, 3.8) is 0 Å². The molecule has 0 unspecified atom stereocenters. The van der Waals surface area contributed by atoms with E-state index in [1.807, 2.05) is 0 Å². The average Bonchev–Trinajstić information content (AvgIpc) is 2.50. The molecule has 1 N–H and O–H groups in total.